The van der Waals surface area contributed by atoms with Gasteiger partial charge < -0.3 is 9.47 Å². The van der Waals surface area contributed by atoms with Crippen molar-refractivity contribution >= 4 is 10.0 Å². The van der Waals surface area contributed by atoms with Crippen LogP contribution < -0.4 is 14.6 Å². The van der Waals surface area contributed by atoms with Crippen molar-refractivity contribution in [3.63, 3.8) is 0 Å². The van der Waals surface area contributed by atoms with Gasteiger partial charge in [0.15, 0.2) is 5.75 Å². The van der Waals surface area contributed by atoms with E-state index in [1.165, 1.54) is 6.92 Å². The largest absolute Gasteiger partial charge is 0.573 e. The molecule has 1 aromatic rings. The maximum atomic E-state index is 12.2. The number of nitrogens with zero attached hydrogens (tertiary/aromatic N) is 1. The lowest BCUT2D eigenvalue weighted by molar-refractivity contribution is -0.275. The van der Waals surface area contributed by atoms with Crippen molar-refractivity contribution < 1.29 is 31.1 Å². The Morgan fingerprint density at radius 2 is 1.94 bits per heavy atom. The Labute approximate surface area is 101 Å². The quantitative estimate of drug-likeness (QED) is 0.893. The van der Waals surface area contributed by atoms with Crippen LogP contribution in [0.15, 0.2) is 11.0 Å². The highest BCUT2D eigenvalue weighted by molar-refractivity contribution is 7.89. The van der Waals surface area contributed by atoms with Crippen molar-refractivity contribution in [2.24, 2.45) is 5.14 Å². The number of hydrogen-bond acceptors (Lipinski definition) is 5. The zero-order chi connectivity index (χ0) is 14.1. The second-order valence-corrected chi connectivity index (χ2v) is 4.67. The molecule has 0 atom stereocenters. The summed E-state index contributed by atoms with van der Waals surface area (Å²) in [4.78, 5) is 2.79. The normalized spacial score (nSPS) is 12.3. The second-order valence-electron chi connectivity index (χ2n) is 3.17. The first-order chi connectivity index (χ1) is 8.04. The Hall–Kier alpha value is -1.55. The number of primary sulfonamides is 1. The summed E-state index contributed by atoms with van der Waals surface area (Å²) >= 11 is 0. The highest BCUT2D eigenvalue weighted by atomic mass is 32.2. The topological polar surface area (TPSA) is 91.5 Å². The Bertz CT molecular complexity index is 556. The fourth-order valence-corrected chi connectivity index (χ4v) is 2.09. The van der Waals surface area contributed by atoms with Crippen molar-refractivity contribution in [2.45, 2.75) is 18.2 Å². The average molecular weight is 286 g/mol. The summed E-state index contributed by atoms with van der Waals surface area (Å²) in [6, 6.07) is 0.695. The summed E-state index contributed by atoms with van der Waals surface area (Å²) in [7, 11) is -3.24. The van der Waals surface area contributed by atoms with E-state index in [9.17, 15) is 21.6 Å². The predicted molar refractivity (Wildman–Crippen MR) is 53.6 cm³/mol. The van der Waals surface area contributed by atoms with Crippen molar-refractivity contribution in [2.75, 3.05) is 7.11 Å². The molecular formula is C8H9F3N2O4S. The molecule has 0 aliphatic carbocycles. The van der Waals surface area contributed by atoms with E-state index < -0.39 is 27.0 Å². The SMILES string of the molecule is COc1cc(OC(F)(F)F)c(S(N)(=O)=O)c(C)n1. The van der Waals surface area contributed by atoms with Crippen molar-refractivity contribution in [3.8, 4) is 11.6 Å². The number of ether oxygens (including phenoxy) is 2. The zero-order valence-corrected chi connectivity index (χ0v) is 10.1. The minimum Gasteiger partial charge on any atom is -0.481 e. The van der Waals surface area contributed by atoms with Crippen LogP contribution in [0.2, 0.25) is 0 Å². The molecule has 0 aliphatic heterocycles. The fraction of sp³-hybridized carbons (Fsp3) is 0.375. The summed E-state index contributed by atoms with van der Waals surface area (Å²) in [5, 5.41) is 4.81. The lowest BCUT2D eigenvalue weighted by Crippen LogP contribution is -2.22. The number of nitrogens with two attached hydrogens (primary N) is 1. The monoisotopic (exact) mass is 286 g/mol. The first kappa shape index (κ1) is 14.5. The molecule has 0 spiro atoms. The first-order valence-corrected chi connectivity index (χ1v) is 5.93. The minimum atomic E-state index is -5.06. The highest BCUT2D eigenvalue weighted by Gasteiger charge is 2.35. The fourth-order valence-electron chi connectivity index (χ4n) is 1.26. The maximum Gasteiger partial charge on any atom is 0.573 e. The van der Waals surface area contributed by atoms with Gasteiger partial charge in [-0.05, 0) is 6.92 Å². The molecule has 6 nitrogen and oxygen atoms in total. The summed E-state index contributed by atoms with van der Waals surface area (Å²) in [6.07, 6.45) is -5.06. The number of halogens is 3. The van der Waals surface area contributed by atoms with Crippen LogP contribution in [0, 0.1) is 6.92 Å². The molecule has 2 N–H and O–H groups in total. The number of rotatable bonds is 3. The Balaban J connectivity index is 3.49. The first-order valence-electron chi connectivity index (χ1n) is 4.39. The number of aromatic nitrogens is 1. The molecule has 102 valence electrons. The Morgan fingerprint density at radius 3 is 2.33 bits per heavy atom. The van der Waals surface area contributed by atoms with E-state index in [0.29, 0.717) is 6.07 Å². The van der Waals surface area contributed by atoms with Gasteiger partial charge in [-0.1, -0.05) is 0 Å². The molecule has 0 aromatic carbocycles. The van der Waals surface area contributed by atoms with E-state index in [1.54, 1.807) is 0 Å². The van der Waals surface area contributed by atoms with Crippen LogP contribution in [0.1, 0.15) is 5.69 Å². The number of sulfonamides is 1. The molecule has 0 unspecified atom stereocenters. The van der Waals surface area contributed by atoms with E-state index in [-0.39, 0.29) is 11.6 Å². The van der Waals surface area contributed by atoms with E-state index in [1.807, 2.05) is 0 Å². The van der Waals surface area contributed by atoms with Crippen LogP contribution in [0.25, 0.3) is 0 Å². The third kappa shape index (κ3) is 3.47. The third-order valence-electron chi connectivity index (χ3n) is 1.80. The molecule has 0 amide bonds. The van der Waals surface area contributed by atoms with E-state index in [2.05, 4.69) is 14.5 Å². The van der Waals surface area contributed by atoms with E-state index in [0.717, 1.165) is 7.11 Å². The summed E-state index contributed by atoms with van der Waals surface area (Å²) in [6.45, 7) is 1.17. The standard InChI is InChI=1S/C8H9F3N2O4S/c1-4-7(18(12,14)15)5(17-8(9,10)11)3-6(13-4)16-2/h3H,1-2H3,(H2,12,14,15). The van der Waals surface area contributed by atoms with Gasteiger partial charge in [0.05, 0.1) is 12.8 Å². The van der Waals surface area contributed by atoms with Crippen LogP contribution >= 0.6 is 0 Å². The predicted octanol–water partition coefficient (Wildman–Crippen LogP) is 0.945. The van der Waals surface area contributed by atoms with Gasteiger partial charge in [0.1, 0.15) is 4.90 Å². The average Bonchev–Trinajstić information content (AvgIpc) is 2.11. The van der Waals surface area contributed by atoms with Gasteiger partial charge in [-0.2, -0.15) is 0 Å². The minimum absolute atomic E-state index is 0.223. The van der Waals surface area contributed by atoms with Crippen LogP contribution in [-0.4, -0.2) is 26.9 Å². The van der Waals surface area contributed by atoms with Gasteiger partial charge >= 0.3 is 6.36 Å². The number of hydrogen-bond donors (Lipinski definition) is 1. The van der Waals surface area contributed by atoms with Gasteiger partial charge in [0.25, 0.3) is 0 Å². The van der Waals surface area contributed by atoms with Crippen LogP contribution in [0.4, 0.5) is 13.2 Å². The third-order valence-corrected chi connectivity index (χ3v) is 2.87. The van der Waals surface area contributed by atoms with Crippen molar-refractivity contribution in [1.82, 2.24) is 4.98 Å². The molecule has 0 saturated carbocycles. The summed E-state index contributed by atoms with van der Waals surface area (Å²) < 4.78 is 67.1. The Kier molecular flexibility index (Phi) is 3.72. The molecule has 0 aliphatic rings. The molecule has 1 heterocycles. The van der Waals surface area contributed by atoms with Crippen LogP contribution in [-0.2, 0) is 10.0 Å². The lowest BCUT2D eigenvalue weighted by Gasteiger charge is -2.14. The number of pyridine rings is 1. The van der Waals surface area contributed by atoms with E-state index >= 15 is 0 Å². The second kappa shape index (κ2) is 4.61. The molecule has 0 fully saturated rings. The molecule has 0 saturated heterocycles. The molecule has 10 heteroatoms. The summed E-state index contributed by atoms with van der Waals surface area (Å²) in [5.74, 6) is -1.20. The van der Waals surface area contributed by atoms with Gasteiger partial charge in [0.2, 0.25) is 15.9 Å². The molecular weight excluding hydrogens is 277 g/mol. The summed E-state index contributed by atoms with van der Waals surface area (Å²) in [5.41, 5.74) is -0.254. The van der Waals surface area contributed by atoms with Gasteiger partial charge in [0, 0.05) is 6.07 Å². The van der Waals surface area contributed by atoms with Crippen molar-refractivity contribution in [3.05, 3.63) is 11.8 Å². The van der Waals surface area contributed by atoms with Gasteiger partial charge in [-0.3, -0.25) is 0 Å². The van der Waals surface area contributed by atoms with Gasteiger partial charge in [-0.25, -0.2) is 18.5 Å². The highest BCUT2D eigenvalue weighted by Crippen LogP contribution is 2.33. The van der Waals surface area contributed by atoms with Crippen LogP contribution in [0.5, 0.6) is 11.6 Å². The molecule has 18 heavy (non-hydrogen) atoms. The number of aryl methyl sites for hydroxylation is 1. The van der Waals surface area contributed by atoms with Crippen LogP contribution in [0.3, 0.4) is 0 Å². The van der Waals surface area contributed by atoms with Crippen molar-refractivity contribution in [1.29, 1.82) is 0 Å². The lowest BCUT2D eigenvalue weighted by atomic mass is 10.3. The number of alkyl halides is 3. The number of methoxy groups -OCH3 is 1. The Morgan fingerprint density at radius 1 is 1.39 bits per heavy atom. The smallest absolute Gasteiger partial charge is 0.481 e. The van der Waals surface area contributed by atoms with E-state index in [4.69, 9.17) is 5.14 Å². The molecule has 1 aromatic heterocycles. The maximum absolute atomic E-state index is 12.2. The molecule has 0 radical (unpaired) electrons. The molecule has 0 bridgehead atoms. The van der Waals surface area contributed by atoms with Gasteiger partial charge in [-0.15, -0.1) is 13.2 Å². The zero-order valence-electron chi connectivity index (χ0n) is 9.28. The molecule has 1 rings (SSSR count).